The van der Waals surface area contributed by atoms with E-state index in [1.54, 1.807) is 0 Å². The third-order valence-corrected chi connectivity index (χ3v) is 5.07. The zero-order chi connectivity index (χ0) is 15.2. The number of hydrogen-bond acceptors (Lipinski definition) is 5. The summed E-state index contributed by atoms with van der Waals surface area (Å²) in [4.78, 5) is 4.86. The predicted octanol–water partition coefficient (Wildman–Crippen LogP) is 1.43. The van der Waals surface area contributed by atoms with Crippen LogP contribution in [-0.4, -0.2) is 63.5 Å². The van der Waals surface area contributed by atoms with Crippen molar-refractivity contribution in [1.82, 2.24) is 9.80 Å². The molecule has 0 amide bonds. The molecule has 0 radical (unpaired) electrons. The molecule has 2 fully saturated rings. The minimum absolute atomic E-state index is 0.305. The van der Waals surface area contributed by atoms with E-state index in [1.807, 2.05) is 6.07 Å². The Morgan fingerprint density at radius 1 is 1.27 bits per heavy atom. The Balaban J connectivity index is 1.46. The first-order chi connectivity index (χ1) is 10.6. The third-order valence-electron chi connectivity index (χ3n) is 5.07. The monoisotopic (exact) mass is 304 g/mol. The van der Waals surface area contributed by atoms with Crippen molar-refractivity contribution < 1.29 is 14.2 Å². The number of rotatable bonds is 4. The summed E-state index contributed by atoms with van der Waals surface area (Å²) in [7, 11) is 4.31. The summed E-state index contributed by atoms with van der Waals surface area (Å²) in [6.07, 6.45) is 0. The Bertz CT molecular complexity index is 563. The highest BCUT2D eigenvalue weighted by molar-refractivity contribution is 5.44. The van der Waals surface area contributed by atoms with Crippen molar-refractivity contribution in [3.63, 3.8) is 0 Å². The first-order valence-corrected chi connectivity index (χ1v) is 7.98. The van der Waals surface area contributed by atoms with Crippen LogP contribution in [0.5, 0.6) is 11.5 Å². The van der Waals surface area contributed by atoms with Crippen molar-refractivity contribution in [2.45, 2.75) is 6.54 Å². The largest absolute Gasteiger partial charge is 0.454 e. The molecule has 2 saturated heterocycles. The normalized spacial score (nSPS) is 30.2. The van der Waals surface area contributed by atoms with E-state index < -0.39 is 0 Å². The smallest absolute Gasteiger partial charge is 0.231 e. The van der Waals surface area contributed by atoms with Crippen LogP contribution in [0.25, 0.3) is 0 Å². The predicted molar refractivity (Wildman–Crippen MR) is 83.1 cm³/mol. The van der Waals surface area contributed by atoms with E-state index in [0.717, 1.165) is 50.9 Å². The van der Waals surface area contributed by atoms with Crippen LogP contribution in [0.3, 0.4) is 0 Å². The van der Waals surface area contributed by atoms with Crippen molar-refractivity contribution in [2.24, 2.45) is 11.3 Å². The van der Waals surface area contributed by atoms with Gasteiger partial charge in [0.25, 0.3) is 0 Å². The van der Waals surface area contributed by atoms with Crippen LogP contribution in [0.15, 0.2) is 18.2 Å². The minimum atomic E-state index is 0.305. The maximum Gasteiger partial charge on any atom is 0.231 e. The fourth-order valence-corrected chi connectivity index (χ4v) is 4.21. The van der Waals surface area contributed by atoms with E-state index in [9.17, 15) is 0 Å². The Morgan fingerprint density at radius 2 is 2.14 bits per heavy atom. The average Bonchev–Trinajstić information content (AvgIpc) is 3.11. The lowest BCUT2D eigenvalue weighted by Gasteiger charge is -2.30. The second-order valence-electron chi connectivity index (χ2n) is 7.17. The van der Waals surface area contributed by atoms with Crippen LogP contribution >= 0.6 is 0 Å². The van der Waals surface area contributed by atoms with Crippen LogP contribution in [0.4, 0.5) is 0 Å². The van der Waals surface area contributed by atoms with Crippen molar-refractivity contribution in [3.05, 3.63) is 23.8 Å². The van der Waals surface area contributed by atoms with Crippen molar-refractivity contribution in [3.8, 4) is 11.5 Å². The van der Waals surface area contributed by atoms with Crippen LogP contribution in [0, 0.1) is 11.3 Å². The van der Waals surface area contributed by atoms with Gasteiger partial charge >= 0.3 is 0 Å². The molecule has 22 heavy (non-hydrogen) atoms. The maximum absolute atomic E-state index is 5.78. The summed E-state index contributed by atoms with van der Waals surface area (Å²) in [5.74, 6) is 2.40. The molecular weight excluding hydrogens is 280 g/mol. The molecule has 0 spiro atoms. The first kappa shape index (κ1) is 14.3. The Morgan fingerprint density at radius 3 is 3.00 bits per heavy atom. The number of benzene rings is 1. The van der Waals surface area contributed by atoms with E-state index in [-0.39, 0.29) is 0 Å². The molecule has 4 rings (SSSR count). The quantitative estimate of drug-likeness (QED) is 0.840. The highest BCUT2D eigenvalue weighted by Gasteiger charge is 2.50. The molecule has 1 aromatic carbocycles. The molecular formula is C17H24N2O3. The zero-order valence-corrected chi connectivity index (χ0v) is 13.4. The molecule has 2 atom stereocenters. The topological polar surface area (TPSA) is 34.2 Å². The Hall–Kier alpha value is -1.30. The van der Waals surface area contributed by atoms with Gasteiger partial charge in [-0.05, 0) is 31.8 Å². The molecule has 0 unspecified atom stereocenters. The van der Waals surface area contributed by atoms with E-state index >= 15 is 0 Å². The maximum atomic E-state index is 5.78. The number of hydrogen-bond donors (Lipinski definition) is 0. The van der Waals surface area contributed by atoms with Gasteiger partial charge in [-0.1, -0.05) is 6.07 Å². The van der Waals surface area contributed by atoms with Gasteiger partial charge < -0.3 is 19.1 Å². The van der Waals surface area contributed by atoms with Gasteiger partial charge in [0, 0.05) is 37.5 Å². The molecule has 0 aromatic heterocycles. The summed E-state index contributed by atoms with van der Waals surface area (Å²) in [6, 6.07) is 6.29. The number of nitrogens with zero attached hydrogens (tertiary/aromatic N) is 2. The summed E-state index contributed by atoms with van der Waals surface area (Å²) in [6.45, 7) is 6.47. The van der Waals surface area contributed by atoms with Crippen LogP contribution in [0.2, 0.25) is 0 Å². The van der Waals surface area contributed by atoms with E-state index in [1.165, 1.54) is 5.56 Å². The third kappa shape index (κ3) is 2.47. The highest BCUT2D eigenvalue weighted by Crippen LogP contribution is 2.42. The first-order valence-electron chi connectivity index (χ1n) is 7.98. The van der Waals surface area contributed by atoms with Crippen molar-refractivity contribution in [2.75, 3.05) is 53.7 Å². The van der Waals surface area contributed by atoms with Gasteiger partial charge in [-0.15, -0.1) is 0 Å². The van der Waals surface area contributed by atoms with Gasteiger partial charge in [-0.25, -0.2) is 0 Å². The Labute approximate surface area is 131 Å². The van der Waals surface area contributed by atoms with Gasteiger partial charge in [0.1, 0.15) is 0 Å². The Kier molecular flexibility index (Phi) is 3.51. The molecule has 120 valence electrons. The molecule has 0 saturated carbocycles. The number of fused-ring (bicyclic) bond motifs is 2. The molecule has 3 heterocycles. The molecule has 0 bridgehead atoms. The fraction of sp³-hybridized carbons (Fsp3) is 0.647. The van der Waals surface area contributed by atoms with Crippen molar-refractivity contribution >= 4 is 0 Å². The number of ether oxygens (including phenoxy) is 3. The van der Waals surface area contributed by atoms with E-state index in [2.05, 4.69) is 36.0 Å². The van der Waals surface area contributed by atoms with E-state index in [0.29, 0.717) is 18.1 Å². The van der Waals surface area contributed by atoms with Gasteiger partial charge in [0.15, 0.2) is 11.5 Å². The molecule has 3 aliphatic rings. The average molecular weight is 304 g/mol. The summed E-state index contributed by atoms with van der Waals surface area (Å²) in [5.41, 5.74) is 1.60. The van der Waals surface area contributed by atoms with Crippen LogP contribution < -0.4 is 9.47 Å². The second kappa shape index (κ2) is 5.41. The fourth-order valence-electron chi connectivity index (χ4n) is 4.21. The number of likely N-dealkylation sites (tertiary alicyclic amines) is 1. The summed E-state index contributed by atoms with van der Waals surface area (Å²) in [5, 5.41) is 0. The van der Waals surface area contributed by atoms with Crippen LogP contribution in [0.1, 0.15) is 5.56 Å². The lowest BCUT2D eigenvalue weighted by atomic mass is 9.81. The minimum Gasteiger partial charge on any atom is -0.454 e. The SMILES string of the molecule is CN(C)C[C@]12COC[C@H]1CN(Cc1ccc3c(c1)OCO3)C2. The molecule has 0 N–H and O–H groups in total. The molecule has 5 nitrogen and oxygen atoms in total. The lowest BCUT2D eigenvalue weighted by molar-refractivity contribution is 0.109. The summed E-state index contributed by atoms with van der Waals surface area (Å²) < 4.78 is 16.7. The summed E-state index contributed by atoms with van der Waals surface area (Å²) >= 11 is 0. The molecule has 5 heteroatoms. The van der Waals surface area contributed by atoms with Crippen molar-refractivity contribution in [1.29, 1.82) is 0 Å². The van der Waals surface area contributed by atoms with Gasteiger partial charge in [0.05, 0.1) is 13.2 Å². The molecule has 3 aliphatic heterocycles. The van der Waals surface area contributed by atoms with Crippen LogP contribution in [-0.2, 0) is 11.3 Å². The van der Waals surface area contributed by atoms with E-state index in [4.69, 9.17) is 14.2 Å². The standard InChI is InChI=1S/C17H24N2O3/c1-18(2)9-17-10-19(7-14(17)8-20-11-17)6-13-3-4-15-16(5-13)22-12-21-15/h3-5,14H,6-12H2,1-2H3/t14-,17+/m1/s1. The van der Waals surface area contributed by atoms with Gasteiger partial charge in [-0.2, -0.15) is 0 Å². The molecule has 1 aromatic rings. The second-order valence-corrected chi connectivity index (χ2v) is 7.17. The molecule has 0 aliphatic carbocycles. The van der Waals surface area contributed by atoms with Gasteiger partial charge in [-0.3, -0.25) is 4.90 Å². The zero-order valence-electron chi connectivity index (χ0n) is 13.4. The lowest BCUT2D eigenvalue weighted by Crippen LogP contribution is -2.40. The highest BCUT2D eigenvalue weighted by atomic mass is 16.7. The van der Waals surface area contributed by atoms with Gasteiger partial charge in [0.2, 0.25) is 6.79 Å².